The number of pyridine rings is 1. The van der Waals surface area contributed by atoms with Crippen LogP contribution in [0.25, 0.3) is 10.9 Å². The number of hydrogen-bond donors (Lipinski definition) is 2. The lowest BCUT2D eigenvalue weighted by molar-refractivity contribution is -0.140. The van der Waals surface area contributed by atoms with Gasteiger partial charge in [0.1, 0.15) is 17.4 Å². The van der Waals surface area contributed by atoms with E-state index in [1.165, 1.54) is 12.0 Å². The van der Waals surface area contributed by atoms with Crippen molar-refractivity contribution in [2.24, 2.45) is 17.1 Å². The van der Waals surface area contributed by atoms with Crippen LogP contribution in [0.5, 0.6) is 17.4 Å². The first kappa shape index (κ1) is 36.4. The molecule has 14 heteroatoms. The van der Waals surface area contributed by atoms with Gasteiger partial charge in [0.05, 0.1) is 47.0 Å². The van der Waals surface area contributed by atoms with E-state index >= 15 is 0 Å². The van der Waals surface area contributed by atoms with Crippen molar-refractivity contribution in [1.29, 1.82) is 0 Å². The number of benzene rings is 1. The van der Waals surface area contributed by atoms with Gasteiger partial charge in [0, 0.05) is 24.3 Å². The minimum atomic E-state index is -3.91. The molecular weight excluding hydrogens is 684 g/mol. The minimum Gasteiger partial charge on any atom is -0.493 e. The van der Waals surface area contributed by atoms with E-state index in [1.807, 2.05) is 26.0 Å². The Morgan fingerprint density at radius 3 is 2.64 bits per heavy atom. The number of amides is 2. The summed E-state index contributed by atoms with van der Waals surface area (Å²) < 4.78 is 45.5. The van der Waals surface area contributed by atoms with Gasteiger partial charge in [0.15, 0.2) is 11.5 Å². The maximum atomic E-state index is 14.3. The Labute approximate surface area is 298 Å². The molecule has 3 N–H and O–H groups in total. The number of ether oxygens (including phenoxy) is 3. The van der Waals surface area contributed by atoms with Gasteiger partial charge < -0.3 is 24.8 Å². The molecule has 1 aromatic heterocycles. The Kier molecular flexibility index (Phi) is 10.1. The molecule has 0 radical (unpaired) electrons. The number of ketones is 1. The molecular formula is C36H47ClN4O8S. The topological polar surface area (TPSA) is 167 Å². The van der Waals surface area contributed by atoms with Crippen LogP contribution < -0.4 is 24.7 Å². The largest absolute Gasteiger partial charge is 0.493 e. The molecule has 2 aromatic rings. The summed E-state index contributed by atoms with van der Waals surface area (Å²) in [6, 6.07) is 3.39. The molecule has 1 saturated heterocycles. The molecule has 3 fully saturated rings. The number of Topliss-reactive ketones (excluding diaryl/α,β-unsaturated/α-hetero) is 1. The van der Waals surface area contributed by atoms with Gasteiger partial charge in [-0.05, 0) is 77.3 Å². The zero-order valence-corrected chi connectivity index (χ0v) is 30.6. The van der Waals surface area contributed by atoms with Crippen molar-refractivity contribution in [3.05, 3.63) is 35.4 Å². The van der Waals surface area contributed by atoms with E-state index in [2.05, 4.69) is 9.71 Å². The lowest BCUT2D eigenvalue weighted by Crippen LogP contribution is -2.50. The van der Waals surface area contributed by atoms with Crippen LogP contribution in [0.2, 0.25) is 5.02 Å². The van der Waals surface area contributed by atoms with Gasteiger partial charge in [-0.3, -0.25) is 19.1 Å². The summed E-state index contributed by atoms with van der Waals surface area (Å²) >= 11 is 6.43. The van der Waals surface area contributed by atoms with Crippen LogP contribution in [-0.4, -0.2) is 78.6 Å². The molecule has 0 spiro atoms. The molecule has 6 rings (SSSR count). The maximum Gasteiger partial charge on any atom is 0.240 e. The van der Waals surface area contributed by atoms with Crippen molar-refractivity contribution in [2.45, 2.75) is 114 Å². The summed E-state index contributed by atoms with van der Waals surface area (Å²) in [7, 11) is -2.42. The van der Waals surface area contributed by atoms with Gasteiger partial charge in [-0.15, -0.1) is 0 Å². The molecule has 272 valence electrons. The number of hydrogen-bond acceptors (Lipinski definition) is 10. The molecule has 2 aliphatic heterocycles. The third-order valence-electron chi connectivity index (χ3n) is 10.6. The molecule has 4 aliphatic rings. The fourth-order valence-corrected chi connectivity index (χ4v) is 8.71. The Morgan fingerprint density at radius 1 is 1.18 bits per heavy atom. The third kappa shape index (κ3) is 7.18. The van der Waals surface area contributed by atoms with E-state index in [4.69, 9.17) is 31.5 Å². The normalized spacial score (nSPS) is 29.0. The molecule has 2 amide bonds. The lowest BCUT2D eigenvalue weighted by Gasteiger charge is -2.27. The molecule has 0 unspecified atom stereocenters. The Bertz CT molecular complexity index is 1810. The number of fused-ring (bicyclic) bond motifs is 3. The number of methoxy groups -OCH3 is 1. The second-order valence-corrected chi connectivity index (χ2v) is 17.4. The number of allylic oxidation sites excluding steroid dienone is 2. The summed E-state index contributed by atoms with van der Waals surface area (Å²) in [6.45, 7) is 5.46. The van der Waals surface area contributed by atoms with Crippen LogP contribution in [0.1, 0.15) is 85.0 Å². The Hall–Kier alpha value is -3.42. The molecule has 2 aliphatic carbocycles. The maximum absolute atomic E-state index is 14.3. The van der Waals surface area contributed by atoms with E-state index in [0.29, 0.717) is 59.0 Å². The van der Waals surface area contributed by atoms with Gasteiger partial charge >= 0.3 is 0 Å². The van der Waals surface area contributed by atoms with Crippen molar-refractivity contribution < 1.29 is 37.0 Å². The van der Waals surface area contributed by atoms with Crippen LogP contribution in [0, 0.1) is 11.3 Å². The van der Waals surface area contributed by atoms with Crippen LogP contribution in [0.4, 0.5) is 0 Å². The number of aromatic nitrogens is 1. The number of carbonyl (C=O) groups is 3. The summed E-state index contributed by atoms with van der Waals surface area (Å²) in [4.78, 5) is 48.1. The predicted molar refractivity (Wildman–Crippen MR) is 189 cm³/mol. The van der Waals surface area contributed by atoms with Crippen molar-refractivity contribution in [3.63, 3.8) is 0 Å². The number of nitrogens with two attached hydrogens (primary N) is 1. The minimum absolute atomic E-state index is 0.0904. The summed E-state index contributed by atoms with van der Waals surface area (Å²) in [5.41, 5.74) is 5.65. The second-order valence-electron chi connectivity index (χ2n) is 14.8. The summed E-state index contributed by atoms with van der Waals surface area (Å²) in [6.07, 6.45) is 8.15. The zero-order valence-electron chi connectivity index (χ0n) is 29.1. The first-order valence-electron chi connectivity index (χ1n) is 17.5. The Balaban J connectivity index is 1.31. The van der Waals surface area contributed by atoms with Crippen LogP contribution in [0.15, 0.2) is 30.4 Å². The highest BCUT2D eigenvalue weighted by Gasteiger charge is 2.62. The van der Waals surface area contributed by atoms with E-state index in [-0.39, 0.29) is 43.1 Å². The summed E-state index contributed by atoms with van der Waals surface area (Å²) in [5, 5.41) is 0.970. The smallest absolute Gasteiger partial charge is 0.240 e. The van der Waals surface area contributed by atoms with Crippen molar-refractivity contribution in [3.8, 4) is 17.4 Å². The molecule has 1 aromatic carbocycles. The fourth-order valence-electron chi connectivity index (χ4n) is 7.14. The van der Waals surface area contributed by atoms with Gasteiger partial charge in [-0.1, -0.05) is 36.6 Å². The second kappa shape index (κ2) is 14.0. The van der Waals surface area contributed by atoms with Crippen LogP contribution in [0.3, 0.4) is 0 Å². The Morgan fingerprint density at radius 2 is 1.94 bits per heavy atom. The SMILES string of the molecule is COc1c(Cl)ccc2c(O[C@@H]3C[C@H]4C(=O)C[C@]5(C(=O)NS(=O)(=O)C6(C)CC6)C[C@H]5/C=C\CCCCC[C@H](N)C(=O)N4C3)cc(OC(C)C)nc12. The van der Waals surface area contributed by atoms with Crippen molar-refractivity contribution in [2.75, 3.05) is 13.7 Å². The number of carbonyl (C=O) groups excluding carboxylic acids is 3. The number of nitrogens with one attached hydrogen (secondary N) is 1. The van der Waals surface area contributed by atoms with E-state index < -0.39 is 44.3 Å². The highest BCUT2D eigenvalue weighted by Crippen LogP contribution is 2.57. The fraction of sp³-hybridized carbons (Fsp3) is 0.611. The number of sulfonamides is 1. The monoisotopic (exact) mass is 730 g/mol. The van der Waals surface area contributed by atoms with Crippen molar-refractivity contribution in [1.82, 2.24) is 14.6 Å². The molecule has 12 nitrogen and oxygen atoms in total. The number of halogens is 1. The van der Waals surface area contributed by atoms with E-state index in [0.717, 1.165) is 25.7 Å². The number of nitrogens with zero attached hydrogens (tertiary/aromatic N) is 2. The quantitative estimate of drug-likeness (QED) is 0.359. The lowest BCUT2D eigenvalue weighted by atomic mass is 9.91. The van der Waals surface area contributed by atoms with Gasteiger partial charge in [-0.2, -0.15) is 0 Å². The van der Waals surface area contributed by atoms with Crippen LogP contribution >= 0.6 is 11.6 Å². The molecule has 5 atom stereocenters. The average molecular weight is 731 g/mol. The van der Waals surface area contributed by atoms with Gasteiger partial charge in [-0.25, -0.2) is 13.4 Å². The zero-order chi connectivity index (χ0) is 36.0. The molecule has 2 saturated carbocycles. The predicted octanol–water partition coefficient (Wildman–Crippen LogP) is 4.84. The molecule has 50 heavy (non-hydrogen) atoms. The summed E-state index contributed by atoms with van der Waals surface area (Å²) in [5.74, 6) is -0.567. The first-order valence-corrected chi connectivity index (χ1v) is 19.4. The molecule has 3 heterocycles. The average Bonchev–Trinajstić information content (AvgIpc) is 3.93. The highest BCUT2D eigenvalue weighted by atomic mass is 35.5. The van der Waals surface area contributed by atoms with Gasteiger partial charge in [0.25, 0.3) is 0 Å². The van der Waals surface area contributed by atoms with E-state index in [1.54, 1.807) is 25.1 Å². The van der Waals surface area contributed by atoms with Crippen LogP contribution in [-0.2, 0) is 24.4 Å². The molecule has 0 bridgehead atoms. The highest BCUT2D eigenvalue weighted by molar-refractivity contribution is 7.91. The van der Waals surface area contributed by atoms with E-state index in [9.17, 15) is 22.8 Å². The number of rotatable bonds is 8. The standard InChI is InChI=1S/C36H47ClN4O8S/c1-21(2)48-30-17-29(24-12-13-25(37)32(47-4)31(24)39-30)49-23-16-27-28(42)19-36(34(44)40-50(45,46)35(3)14-15-35)18-22(36)10-8-6-5-7-9-11-26(38)33(43)41(27)20-23/h8,10,12-13,17,21-23,26-27H,5-7,9,11,14-16,18-20,38H2,1-4H3,(H,40,44)/b10-8-/t22-,23-,26+,27+,36-/m1/s1. The first-order chi connectivity index (χ1) is 23.7. The third-order valence-corrected chi connectivity index (χ3v) is 13.0. The van der Waals surface area contributed by atoms with Gasteiger partial charge in [0.2, 0.25) is 27.7 Å². The van der Waals surface area contributed by atoms with Crippen molar-refractivity contribution >= 4 is 50.1 Å².